The second-order valence-electron chi connectivity index (χ2n) is 9.56. The average Bonchev–Trinajstić information content (AvgIpc) is 2.87. The first-order chi connectivity index (χ1) is 15.9. The lowest BCUT2D eigenvalue weighted by Gasteiger charge is -2.32. The van der Waals surface area contributed by atoms with Gasteiger partial charge in [-0.25, -0.2) is 0 Å². The molecule has 174 valence electrons. The largest absolute Gasteiger partial charge is 0.308 e. The second kappa shape index (κ2) is 13.1. The molecule has 2 aliphatic heterocycles. The summed E-state index contributed by atoms with van der Waals surface area (Å²) in [5.74, 6) is 0. The second-order valence-corrected chi connectivity index (χ2v) is 9.56. The molecule has 2 aliphatic rings. The van der Waals surface area contributed by atoms with Crippen LogP contribution < -0.4 is 10.6 Å². The third kappa shape index (κ3) is 7.41. The van der Waals surface area contributed by atoms with E-state index in [0.29, 0.717) is 12.1 Å². The SMILES string of the molecule is c1ccc([C@H](CN2CCCCC2)NCCN[C@@H](CN2CCCCC2)c2ccccc2)cc1. The minimum atomic E-state index is 0.397. The summed E-state index contributed by atoms with van der Waals surface area (Å²) < 4.78 is 0. The van der Waals surface area contributed by atoms with Crippen molar-refractivity contribution < 1.29 is 0 Å². The first-order valence-electron chi connectivity index (χ1n) is 12.9. The monoisotopic (exact) mass is 434 g/mol. The number of piperidine rings is 2. The van der Waals surface area contributed by atoms with Gasteiger partial charge in [-0.3, -0.25) is 0 Å². The van der Waals surface area contributed by atoms with Crippen LogP contribution >= 0.6 is 0 Å². The summed E-state index contributed by atoms with van der Waals surface area (Å²) in [4.78, 5) is 5.29. The van der Waals surface area contributed by atoms with Crippen LogP contribution in [0.2, 0.25) is 0 Å². The highest BCUT2D eigenvalue weighted by Crippen LogP contribution is 2.19. The molecular weight excluding hydrogens is 392 g/mol. The number of rotatable bonds is 11. The number of likely N-dealkylation sites (tertiary alicyclic amines) is 2. The van der Waals surface area contributed by atoms with Crippen LogP contribution in [-0.2, 0) is 0 Å². The summed E-state index contributed by atoms with van der Waals surface area (Å²) in [6, 6.07) is 22.8. The molecule has 0 spiro atoms. The summed E-state index contributed by atoms with van der Waals surface area (Å²) in [6.07, 6.45) is 8.16. The Balaban J connectivity index is 1.31. The average molecular weight is 435 g/mol. The fourth-order valence-electron chi connectivity index (χ4n) is 5.24. The van der Waals surface area contributed by atoms with Crippen molar-refractivity contribution in [1.82, 2.24) is 20.4 Å². The van der Waals surface area contributed by atoms with Crippen molar-refractivity contribution in [1.29, 1.82) is 0 Å². The number of benzene rings is 2. The molecular formula is C28H42N4. The number of hydrogen-bond acceptors (Lipinski definition) is 4. The summed E-state index contributed by atoms with van der Waals surface area (Å²) in [5, 5.41) is 7.75. The number of nitrogens with zero attached hydrogens (tertiary/aromatic N) is 2. The third-order valence-corrected chi connectivity index (χ3v) is 7.09. The van der Waals surface area contributed by atoms with Gasteiger partial charge in [0.1, 0.15) is 0 Å². The zero-order valence-electron chi connectivity index (χ0n) is 19.7. The molecule has 0 radical (unpaired) electrons. The maximum atomic E-state index is 3.88. The van der Waals surface area contributed by atoms with Gasteiger partial charge in [0.15, 0.2) is 0 Å². The first-order valence-corrected chi connectivity index (χ1v) is 12.9. The van der Waals surface area contributed by atoms with Crippen molar-refractivity contribution in [3.63, 3.8) is 0 Å². The minimum absolute atomic E-state index is 0.397. The number of nitrogens with one attached hydrogen (secondary N) is 2. The molecule has 2 saturated heterocycles. The number of hydrogen-bond donors (Lipinski definition) is 2. The lowest BCUT2D eigenvalue weighted by atomic mass is 10.0. The molecule has 0 amide bonds. The molecule has 2 N–H and O–H groups in total. The van der Waals surface area contributed by atoms with Crippen molar-refractivity contribution in [2.45, 2.75) is 50.6 Å². The molecule has 2 aromatic carbocycles. The standard InChI is InChI=1S/C28H42N4/c1-5-13-25(14-6-1)27(23-31-19-9-3-10-20-31)29-17-18-30-28(26-15-7-2-8-16-26)24-32-21-11-4-12-22-32/h1-2,5-8,13-16,27-30H,3-4,9-12,17-24H2/t27-,28-/m0/s1. The van der Waals surface area contributed by atoms with E-state index in [4.69, 9.17) is 0 Å². The molecule has 2 atom stereocenters. The molecule has 0 bridgehead atoms. The van der Waals surface area contributed by atoms with Crippen molar-refractivity contribution in [2.75, 3.05) is 52.4 Å². The fraction of sp³-hybridized carbons (Fsp3) is 0.571. The van der Waals surface area contributed by atoms with Crippen molar-refractivity contribution in [2.24, 2.45) is 0 Å². The quantitative estimate of drug-likeness (QED) is 0.505. The molecule has 4 rings (SSSR count). The Morgan fingerprint density at radius 2 is 0.906 bits per heavy atom. The fourth-order valence-corrected chi connectivity index (χ4v) is 5.24. The Labute approximate surface area is 195 Å². The molecule has 4 heteroatoms. The minimum Gasteiger partial charge on any atom is -0.308 e. The maximum Gasteiger partial charge on any atom is 0.0449 e. The Morgan fingerprint density at radius 3 is 1.28 bits per heavy atom. The molecule has 0 unspecified atom stereocenters. The van der Waals surface area contributed by atoms with Crippen molar-refractivity contribution >= 4 is 0 Å². The van der Waals surface area contributed by atoms with E-state index in [2.05, 4.69) is 81.1 Å². The summed E-state index contributed by atoms with van der Waals surface area (Å²) >= 11 is 0. The van der Waals surface area contributed by atoms with Crippen molar-refractivity contribution in [3.05, 3.63) is 71.8 Å². The van der Waals surface area contributed by atoms with E-state index >= 15 is 0 Å². The van der Waals surface area contributed by atoms with E-state index < -0.39 is 0 Å². The van der Waals surface area contributed by atoms with Gasteiger partial charge in [-0.1, -0.05) is 73.5 Å². The van der Waals surface area contributed by atoms with Crippen LogP contribution in [0, 0.1) is 0 Å². The van der Waals surface area contributed by atoms with Crippen molar-refractivity contribution in [3.8, 4) is 0 Å². The lowest BCUT2D eigenvalue weighted by Crippen LogP contribution is -2.42. The van der Waals surface area contributed by atoms with Gasteiger partial charge in [0, 0.05) is 38.3 Å². The Hall–Kier alpha value is -1.72. The van der Waals surface area contributed by atoms with Crippen LogP contribution in [0.15, 0.2) is 60.7 Å². The Morgan fingerprint density at radius 1 is 0.531 bits per heavy atom. The van der Waals surface area contributed by atoms with Gasteiger partial charge < -0.3 is 20.4 Å². The highest BCUT2D eigenvalue weighted by molar-refractivity contribution is 5.20. The summed E-state index contributed by atoms with van der Waals surface area (Å²) in [6.45, 7) is 9.17. The predicted octanol–water partition coefficient (Wildman–Crippen LogP) is 4.62. The van der Waals surface area contributed by atoms with Crippen LogP contribution in [-0.4, -0.2) is 62.2 Å². The van der Waals surface area contributed by atoms with Gasteiger partial charge in [-0.05, 0) is 63.0 Å². The zero-order chi connectivity index (χ0) is 21.8. The maximum absolute atomic E-state index is 3.88. The molecule has 2 fully saturated rings. The summed E-state index contributed by atoms with van der Waals surface area (Å²) in [5.41, 5.74) is 2.82. The topological polar surface area (TPSA) is 30.5 Å². The highest BCUT2D eigenvalue weighted by Gasteiger charge is 2.19. The van der Waals surface area contributed by atoms with E-state index in [-0.39, 0.29) is 0 Å². The van der Waals surface area contributed by atoms with Gasteiger partial charge in [-0.2, -0.15) is 0 Å². The van der Waals surface area contributed by atoms with Gasteiger partial charge in [0.25, 0.3) is 0 Å². The molecule has 0 aliphatic carbocycles. The lowest BCUT2D eigenvalue weighted by molar-refractivity contribution is 0.200. The third-order valence-electron chi connectivity index (χ3n) is 7.09. The molecule has 2 aromatic rings. The smallest absolute Gasteiger partial charge is 0.0449 e. The van der Waals surface area contributed by atoms with Gasteiger partial charge in [0.2, 0.25) is 0 Å². The van der Waals surface area contributed by atoms with Crippen LogP contribution in [0.25, 0.3) is 0 Å². The van der Waals surface area contributed by atoms with E-state index in [9.17, 15) is 0 Å². The van der Waals surface area contributed by atoms with Crippen LogP contribution in [0.4, 0.5) is 0 Å². The zero-order valence-corrected chi connectivity index (χ0v) is 19.7. The molecule has 0 saturated carbocycles. The van der Waals surface area contributed by atoms with E-state index in [1.165, 1.54) is 75.8 Å². The molecule has 4 nitrogen and oxygen atoms in total. The van der Waals surface area contributed by atoms with Gasteiger partial charge >= 0.3 is 0 Å². The van der Waals surface area contributed by atoms with Crippen LogP contribution in [0.3, 0.4) is 0 Å². The Bertz CT molecular complexity index is 673. The molecule has 2 heterocycles. The molecule has 32 heavy (non-hydrogen) atoms. The first kappa shape index (κ1) is 23.4. The molecule has 0 aromatic heterocycles. The van der Waals surface area contributed by atoms with Gasteiger partial charge in [-0.15, -0.1) is 0 Å². The van der Waals surface area contributed by atoms with E-state index in [1.54, 1.807) is 0 Å². The summed E-state index contributed by atoms with van der Waals surface area (Å²) in [7, 11) is 0. The van der Waals surface area contributed by atoms with E-state index in [1.807, 2.05) is 0 Å². The van der Waals surface area contributed by atoms with Gasteiger partial charge in [0.05, 0.1) is 0 Å². The highest BCUT2D eigenvalue weighted by atomic mass is 15.2. The normalized spacial score (nSPS) is 20.1. The predicted molar refractivity (Wildman–Crippen MR) is 135 cm³/mol. The van der Waals surface area contributed by atoms with Crippen LogP contribution in [0.1, 0.15) is 61.7 Å². The Kier molecular flexibility index (Phi) is 9.59. The van der Waals surface area contributed by atoms with E-state index in [0.717, 1.165) is 26.2 Å². The van der Waals surface area contributed by atoms with Crippen LogP contribution in [0.5, 0.6) is 0 Å².